The molecule has 36 heavy (non-hydrogen) atoms. The zero-order chi connectivity index (χ0) is 26.2. The van der Waals surface area contributed by atoms with Gasteiger partial charge in [0.2, 0.25) is 0 Å². The molecular formula is C21H22F5N7O3. The summed E-state index contributed by atoms with van der Waals surface area (Å²) in [6.45, 7) is 1.82. The highest BCUT2D eigenvalue weighted by atomic mass is 19.4. The van der Waals surface area contributed by atoms with Crippen molar-refractivity contribution in [3.63, 3.8) is 0 Å². The molecule has 2 atom stereocenters. The molecule has 194 valence electrons. The molecule has 0 saturated carbocycles. The third-order valence-corrected chi connectivity index (χ3v) is 5.92. The van der Waals surface area contributed by atoms with Crippen LogP contribution in [0.25, 0.3) is 5.52 Å². The van der Waals surface area contributed by atoms with Crippen LogP contribution in [0.15, 0.2) is 30.5 Å². The number of carboxylic acid groups (broad SMARTS) is 1. The molecule has 6 heterocycles. The predicted octanol–water partition coefficient (Wildman–Crippen LogP) is 2.83. The summed E-state index contributed by atoms with van der Waals surface area (Å²) >= 11 is 0. The molecule has 1 amide bonds. The number of nitrogens with one attached hydrogen (secondary N) is 2. The molecule has 3 aliphatic heterocycles. The van der Waals surface area contributed by atoms with Gasteiger partial charge in [0.1, 0.15) is 11.5 Å². The number of piperazine rings is 1. The molecule has 3 aliphatic rings. The Hall–Kier alpha value is -3.75. The topological polar surface area (TPSA) is 117 Å². The van der Waals surface area contributed by atoms with Gasteiger partial charge in [0.15, 0.2) is 5.69 Å². The van der Waals surface area contributed by atoms with Gasteiger partial charge >= 0.3 is 12.1 Å². The molecule has 0 spiro atoms. The predicted molar refractivity (Wildman–Crippen MR) is 117 cm³/mol. The minimum Gasteiger partial charge on any atom is -0.475 e. The quantitative estimate of drug-likeness (QED) is 0.458. The van der Waals surface area contributed by atoms with Crippen molar-refractivity contribution in [2.75, 3.05) is 23.3 Å². The van der Waals surface area contributed by atoms with E-state index in [9.17, 15) is 26.7 Å². The summed E-state index contributed by atoms with van der Waals surface area (Å²) in [6.07, 6.45) is -4.21. The first-order chi connectivity index (χ1) is 16.9. The lowest BCUT2D eigenvalue weighted by atomic mass is 9.93. The lowest BCUT2D eigenvalue weighted by Gasteiger charge is -2.46. The molecule has 3 aromatic heterocycles. The monoisotopic (exact) mass is 515 g/mol. The van der Waals surface area contributed by atoms with Gasteiger partial charge in [0.05, 0.1) is 11.2 Å². The first kappa shape index (κ1) is 25.3. The number of piperidine rings is 2. The highest BCUT2D eigenvalue weighted by Crippen LogP contribution is 2.28. The molecule has 15 heteroatoms. The summed E-state index contributed by atoms with van der Waals surface area (Å²) in [5.41, 5.74) is 0.593. The van der Waals surface area contributed by atoms with Crippen LogP contribution in [0.2, 0.25) is 0 Å². The van der Waals surface area contributed by atoms with E-state index in [1.54, 1.807) is 16.6 Å². The first-order valence-electron chi connectivity index (χ1n) is 10.9. The standard InChI is InChI=1S/C19H21F2N7O.C2HF3O2/c1-26-10-14(17(25-26)18(20)21)23-19(29)15-6-4-12-5-7-16(24-28(12)15)27-9-11-2-3-13(27)8-22-11;3-2(4,5)1(6)7/h4-7,10-11,13,18,22H,2-3,8-9H2,1H3,(H,23,29);(H,6,7)/t11-,13-;/m0./s1. The number of hydrogen-bond acceptors (Lipinski definition) is 6. The number of anilines is 2. The zero-order valence-corrected chi connectivity index (χ0v) is 18.8. The van der Waals surface area contributed by atoms with Crippen LogP contribution in [0.5, 0.6) is 0 Å². The Balaban J connectivity index is 0.000000384. The minimum absolute atomic E-state index is 0.00183. The zero-order valence-electron chi connectivity index (χ0n) is 18.8. The van der Waals surface area contributed by atoms with Crippen LogP contribution in [-0.4, -0.2) is 67.7 Å². The summed E-state index contributed by atoms with van der Waals surface area (Å²) in [7, 11) is 1.53. The number of halogens is 5. The maximum absolute atomic E-state index is 13.2. The summed E-state index contributed by atoms with van der Waals surface area (Å²) in [5, 5.41) is 21.6. The Morgan fingerprint density at radius 1 is 1.17 bits per heavy atom. The van der Waals surface area contributed by atoms with Gasteiger partial charge in [-0.2, -0.15) is 18.3 Å². The van der Waals surface area contributed by atoms with Crippen molar-refractivity contribution in [1.82, 2.24) is 24.7 Å². The number of carbonyl (C=O) groups is 2. The molecule has 0 unspecified atom stereocenters. The average molecular weight is 515 g/mol. The highest BCUT2D eigenvalue weighted by molar-refractivity contribution is 6.04. The second-order valence-electron chi connectivity index (χ2n) is 8.39. The molecular weight excluding hydrogens is 493 g/mol. The molecule has 0 aliphatic carbocycles. The molecule has 3 saturated heterocycles. The lowest BCUT2D eigenvalue weighted by Crippen LogP contribution is -2.61. The van der Waals surface area contributed by atoms with E-state index in [1.165, 1.54) is 17.9 Å². The third-order valence-electron chi connectivity index (χ3n) is 5.92. The van der Waals surface area contributed by atoms with E-state index in [0.717, 1.165) is 37.3 Å². The molecule has 6 rings (SSSR count). The molecule has 2 bridgehead atoms. The Labute approximate surface area is 200 Å². The fourth-order valence-corrected chi connectivity index (χ4v) is 4.24. The summed E-state index contributed by atoms with van der Waals surface area (Å²) in [5.74, 6) is -2.45. The van der Waals surface area contributed by atoms with Crippen LogP contribution in [0, 0.1) is 0 Å². The maximum Gasteiger partial charge on any atom is 0.490 e. The van der Waals surface area contributed by atoms with Gasteiger partial charge in [-0.1, -0.05) is 0 Å². The number of aliphatic carboxylic acids is 1. The van der Waals surface area contributed by atoms with Crippen molar-refractivity contribution >= 4 is 28.9 Å². The van der Waals surface area contributed by atoms with E-state index in [0.29, 0.717) is 12.1 Å². The fourth-order valence-electron chi connectivity index (χ4n) is 4.24. The summed E-state index contributed by atoms with van der Waals surface area (Å²) in [4.78, 5) is 24.0. The van der Waals surface area contributed by atoms with Gasteiger partial charge in [0, 0.05) is 38.4 Å². The van der Waals surface area contributed by atoms with Crippen LogP contribution in [-0.2, 0) is 11.8 Å². The van der Waals surface area contributed by atoms with Gasteiger partial charge in [0.25, 0.3) is 12.3 Å². The number of amides is 1. The number of carbonyl (C=O) groups excluding carboxylic acids is 1. The molecule has 10 nitrogen and oxygen atoms in total. The van der Waals surface area contributed by atoms with Gasteiger partial charge in [-0.25, -0.2) is 18.1 Å². The van der Waals surface area contributed by atoms with E-state index in [1.807, 2.05) is 12.1 Å². The molecule has 3 N–H and O–H groups in total. The average Bonchev–Trinajstić information content (AvgIpc) is 3.42. The maximum atomic E-state index is 13.2. The Bertz CT molecular complexity index is 1260. The van der Waals surface area contributed by atoms with Crippen molar-refractivity contribution in [1.29, 1.82) is 0 Å². The molecule has 0 aromatic carbocycles. The number of alkyl halides is 5. The highest BCUT2D eigenvalue weighted by Gasteiger charge is 2.38. The number of rotatable bonds is 4. The van der Waals surface area contributed by atoms with Crippen LogP contribution in [0.4, 0.5) is 33.5 Å². The van der Waals surface area contributed by atoms with E-state index < -0.39 is 30.2 Å². The van der Waals surface area contributed by atoms with Gasteiger partial charge in [-0.3, -0.25) is 9.48 Å². The Kier molecular flexibility index (Phi) is 6.84. The van der Waals surface area contributed by atoms with Crippen molar-refractivity contribution < 1.29 is 36.6 Å². The SMILES string of the molecule is Cn1cc(NC(=O)c2ccc3ccc(N4C[C@@H]5CC[C@H]4CN5)nn23)c(C(F)F)n1.O=C(O)C(F)(F)F. The lowest BCUT2D eigenvalue weighted by molar-refractivity contribution is -0.192. The van der Waals surface area contributed by atoms with Crippen molar-refractivity contribution in [3.8, 4) is 0 Å². The fraction of sp³-hybridized carbons (Fsp3) is 0.429. The number of aryl methyl sites for hydroxylation is 1. The summed E-state index contributed by atoms with van der Waals surface area (Å²) in [6, 6.07) is 8.17. The third kappa shape index (κ3) is 5.24. The van der Waals surface area contributed by atoms with E-state index in [4.69, 9.17) is 9.90 Å². The van der Waals surface area contributed by atoms with Crippen molar-refractivity contribution in [2.45, 2.75) is 37.5 Å². The Morgan fingerprint density at radius 3 is 2.42 bits per heavy atom. The first-order valence-corrected chi connectivity index (χ1v) is 10.9. The number of fused-ring (bicyclic) bond motifs is 4. The van der Waals surface area contributed by atoms with Crippen LogP contribution in [0.3, 0.4) is 0 Å². The van der Waals surface area contributed by atoms with Gasteiger partial charge < -0.3 is 20.6 Å². The minimum atomic E-state index is -5.08. The molecule has 0 radical (unpaired) electrons. The van der Waals surface area contributed by atoms with E-state index in [2.05, 4.69) is 25.7 Å². The van der Waals surface area contributed by atoms with Crippen molar-refractivity contribution in [2.24, 2.45) is 7.05 Å². The second kappa shape index (κ2) is 9.72. The van der Waals surface area contributed by atoms with Crippen LogP contribution < -0.4 is 15.5 Å². The Morgan fingerprint density at radius 2 is 1.86 bits per heavy atom. The number of carboxylic acids is 1. The van der Waals surface area contributed by atoms with Crippen LogP contribution in [0.1, 0.15) is 35.4 Å². The molecule has 3 aromatic rings. The van der Waals surface area contributed by atoms with E-state index >= 15 is 0 Å². The van der Waals surface area contributed by atoms with E-state index in [-0.39, 0.29) is 11.4 Å². The number of aromatic nitrogens is 4. The van der Waals surface area contributed by atoms with Crippen molar-refractivity contribution in [3.05, 3.63) is 41.9 Å². The number of hydrogen-bond donors (Lipinski definition) is 3. The number of nitrogens with zero attached hydrogens (tertiary/aromatic N) is 5. The largest absolute Gasteiger partial charge is 0.490 e. The van der Waals surface area contributed by atoms with Gasteiger partial charge in [-0.05, 0) is 37.1 Å². The molecule has 3 fully saturated rings. The smallest absolute Gasteiger partial charge is 0.475 e. The normalized spacial score (nSPS) is 19.4. The summed E-state index contributed by atoms with van der Waals surface area (Å²) < 4.78 is 60.9. The van der Waals surface area contributed by atoms with Crippen LogP contribution >= 0.6 is 0 Å². The second-order valence-corrected chi connectivity index (χ2v) is 8.39. The van der Waals surface area contributed by atoms with Gasteiger partial charge in [-0.15, -0.1) is 5.10 Å².